The van der Waals surface area contributed by atoms with E-state index in [1.807, 2.05) is 35.8 Å². The van der Waals surface area contributed by atoms with Crippen molar-refractivity contribution >= 4 is 27.0 Å². The lowest BCUT2D eigenvalue weighted by Crippen LogP contribution is -2.26. The number of nitrogens with one attached hydrogen (secondary N) is 2. The Morgan fingerprint density at radius 2 is 1.96 bits per heavy atom. The zero-order valence-corrected chi connectivity index (χ0v) is 15.7. The number of aromatic nitrogens is 2. The second-order valence-corrected chi connectivity index (χ2v) is 7.68. The minimum absolute atomic E-state index is 0.0871. The van der Waals surface area contributed by atoms with E-state index in [0.717, 1.165) is 29.2 Å². The molecule has 0 radical (unpaired) electrons. The largest absolute Gasteiger partial charge is 0.345 e. The number of aryl methyl sites for hydroxylation is 1. The Hall–Kier alpha value is -2.78. The summed E-state index contributed by atoms with van der Waals surface area (Å²) >= 11 is 0. The summed E-state index contributed by atoms with van der Waals surface area (Å²) in [6, 6.07) is 10.7. The number of para-hydroxylation sites is 2. The fourth-order valence-corrected chi connectivity index (χ4v) is 3.59. The molecule has 0 aliphatic carbocycles. The van der Waals surface area contributed by atoms with E-state index in [-0.39, 0.29) is 17.0 Å². The highest BCUT2D eigenvalue weighted by Crippen LogP contribution is 2.17. The summed E-state index contributed by atoms with van der Waals surface area (Å²) in [6.45, 7) is 2.71. The number of amides is 1. The number of halogens is 1. The van der Waals surface area contributed by atoms with E-state index >= 15 is 0 Å². The van der Waals surface area contributed by atoms with E-state index in [9.17, 15) is 17.6 Å². The molecular weight excluding hydrogens is 371 g/mol. The first kappa shape index (κ1) is 19.0. The molecule has 142 valence electrons. The Morgan fingerprint density at radius 1 is 1.22 bits per heavy atom. The molecule has 3 aromatic rings. The van der Waals surface area contributed by atoms with Gasteiger partial charge in [-0.25, -0.2) is 22.5 Å². The van der Waals surface area contributed by atoms with Gasteiger partial charge < -0.3 is 9.88 Å². The van der Waals surface area contributed by atoms with Gasteiger partial charge in [0.2, 0.25) is 10.0 Å². The third kappa shape index (κ3) is 3.69. The van der Waals surface area contributed by atoms with Crippen LogP contribution >= 0.6 is 0 Å². The van der Waals surface area contributed by atoms with Crippen LogP contribution in [-0.2, 0) is 23.1 Å². The molecule has 0 spiro atoms. The first-order chi connectivity index (χ1) is 12.9. The Balaban J connectivity index is 1.86. The van der Waals surface area contributed by atoms with Crippen molar-refractivity contribution in [3.8, 4) is 0 Å². The van der Waals surface area contributed by atoms with Gasteiger partial charge in [0.1, 0.15) is 11.6 Å². The lowest BCUT2D eigenvalue weighted by molar-refractivity contribution is 0.0945. The first-order valence-electron chi connectivity index (χ1n) is 8.32. The van der Waals surface area contributed by atoms with Crippen LogP contribution in [0.25, 0.3) is 11.0 Å². The molecule has 0 atom stereocenters. The van der Waals surface area contributed by atoms with Crippen molar-refractivity contribution in [3.05, 3.63) is 59.7 Å². The number of hydrogen-bond acceptors (Lipinski definition) is 4. The van der Waals surface area contributed by atoms with Gasteiger partial charge in [0.25, 0.3) is 5.91 Å². The predicted octanol–water partition coefficient (Wildman–Crippen LogP) is 2.03. The SMILES string of the molecule is CCn1c(CNC(=O)c2cc(S(=O)(=O)NC)ccc2F)nc2ccccc21. The molecule has 27 heavy (non-hydrogen) atoms. The fraction of sp³-hybridized carbons (Fsp3) is 0.222. The van der Waals surface area contributed by atoms with Crippen molar-refractivity contribution < 1.29 is 17.6 Å². The number of hydrogen-bond donors (Lipinski definition) is 2. The number of sulfonamides is 1. The average molecular weight is 390 g/mol. The molecule has 0 saturated carbocycles. The zero-order chi connectivity index (χ0) is 19.6. The van der Waals surface area contributed by atoms with Gasteiger partial charge in [-0.1, -0.05) is 12.1 Å². The Labute approximate surface area is 156 Å². The molecule has 0 aliphatic heterocycles. The Morgan fingerprint density at radius 3 is 2.67 bits per heavy atom. The molecule has 0 fully saturated rings. The van der Waals surface area contributed by atoms with Gasteiger partial charge >= 0.3 is 0 Å². The van der Waals surface area contributed by atoms with Crippen LogP contribution in [0, 0.1) is 5.82 Å². The minimum atomic E-state index is -3.78. The fourth-order valence-electron chi connectivity index (χ4n) is 2.83. The van der Waals surface area contributed by atoms with Crippen molar-refractivity contribution in [1.29, 1.82) is 0 Å². The molecule has 0 saturated heterocycles. The quantitative estimate of drug-likeness (QED) is 0.674. The van der Waals surface area contributed by atoms with Gasteiger partial charge in [0, 0.05) is 6.54 Å². The van der Waals surface area contributed by atoms with Gasteiger partial charge in [0.05, 0.1) is 28.0 Å². The molecule has 2 aromatic carbocycles. The summed E-state index contributed by atoms with van der Waals surface area (Å²) < 4.78 is 41.9. The van der Waals surface area contributed by atoms with E-state index < -0.39 is 21.7 Å². The van der Waals surface area contributed by atoms with Crippen LogP contribution in [0.3, 0.4) is 0 Å². The maximum atomic E-state index is 14.1. The van der Waals surface area contributed by atoms with E-state index in [2.05, 4.69) is 15.0 Å². The highest BCUT2D eigenvalue weighted by molar-refractivity contribution is 7.89. The first-order valence-corrected chi connectivity index (χ1v) is 9.81. The third-order valence-corrected chi connectivity index (χ3v) is 5.63. The van der Waals surface area contributed by atoms with Gasteiger partial charge in [-0.2, -0.15) is 0 Å². The normalized spacial score (nSPS) is 11.7. The van der Waals surface area contributed by atoms with E-state index in [0.29, 0.717) is 12.4 Å². The Kier molecular flexibility index (Phi) is 5.24. The third-order valence-electron chi connectivity index (χ3n) is 4.22. The van der Waals surface area contributed by atoms with Crippen LogP contribution in [0.15, 0.2) is 47.4 Å². The molecule has 0 bridgehead atoms. The lowest BCUT2D eigenvalue weighted by atomic mass is 10.2. The van der Waals surface area contributed by atoms with Crippen molar-refractivity contribution in [2.75, 3.05) is 7.05 Å². The summed E-state index contributed by atoms with van der Waals surface area (Å²) in [4.78, 5) is 16.7. The van der Waals surface area contributed by atoms with Gasteiger partial charge in [-0.15, -0.1) is 0 Å². The van der Waals surface area contributed by atoms with E-state index in [1.165, 1.54) is 7.05 Å². The molecule has 1 amide bonds. The molecule has 3 rings (SSSR count). The summed E-state index contributed by atoms with van der Waals surface area (Å²) in [6.07, 6.45) is 0. The van der Waals surface area contributed by atoms with Crippen molar-refractivity contribution in [2.24, 2.45) is 0 Å². The molecule has 1 heterocycles. The monoisotopic (exact) mass is 390 g/mol. The topological polar surface area (TPSA) is 93.1 Å². The molecule has 7 nitrogen and oxygen atoms in total. The highest BCUT2D eigenvalue weighted by Gasteiger charge is 2.19. The molecule has 1 aromatic heterocycles. The number of rotatable bonds is 6. The highest BCUT2D eigenvalue weighted by atomic mass is 32.2. The smallest absolute Gasteiger partial charge is 0.254 e. The number of benzene rings is 2. The van der Waals surface area contributed by atoms with E-state index in [1.54, 1.807) is 0 Å². The summed E-state index contributed by atoms with van der Waals surface area (Å²) in [7, 11) is -2.54. The van der Waals surface area contributed by atoms with E-state index in [4.69, 9.17) is 0 Å². The second-order valence-electron chi connectivity index (χ2n) is 5.79. The van der Waals surface area contributed by atoms with Gasteiger partial charge in [0.15, 0.2) is 0 Å². The average Bonchev–Trinajstić information content (AvgIpc) is 3.03. The minimum Gasteiger partial charge on any atom is -0.345 e. The van der Waals surface area contributed by atoms with Crippen LogP contribution in [0.5, 0.6) is 0 Å². The second kappa shape index (κ2) is 7.45. The summed E-state index contributed by atoms with van der Waals surface area (Å²) in [5.74, 6) is -0.881. The molecular formula is C18H19FN4O3S. The molecule has 9 heteroatoms. The van der Waals surface area contributed by atoms with Crippen molar-refractivity contribution in [2.45, 2.75) is 24.9 Å². The maximum absolute atomic E-state index is 14.1. The number of imidazole rings is 1. The predicted molar refractivity (Wildman–Crippen MR) is 99.2 cm³/mol. The summed E-state index contributed by atoms with van der Waals surface area (Å²) in [5.41, 5.74) is 1.40. The number of fused-ring (bicyclic) bond motifs is 1. The van der Waals surface area contributed by atoms with Gasteiger partial charge in [-0.3, -0.25) is 4.79 Å². The van der Waals surface area contributed by atoms with Crippen LogP contribution in [0.4, 0.5) is 4.39 Å². The molecule has 0 aliphatic rings. The van der Waals surface area contributed by atoms with Crippen LogP contribution < -0.4 is 10.0 Å². The maximum Gasteiger partial charge on any atom is 0.254 e. The van der Waals surface area contributed by atoms with Crippen LogP contribution in [-0.4, -0.2) is 30.9 Å². The molecule has 0 unspecified atom stereocenters. The van der Waals surface area contributed by atoms with Crippen molar-refractivity contribution in [3.63, 3.8) is 0 Å². The number of nitrogens with zero attached hydrogens (tertiary/aromatic N) is 2. The number of carbonyl (C=O) groups is 1. The zero-order valence-electron chi connectivity index (χ0n) is 14.9. The lowest BCUT2D eigenvalue weighted by Gasteiger charge is -2.10. The van der Waals surface area contributed by atoms with Gasteiger partial charge in [-0.05, 0) is 44.3 Å². The van der Waals surface area contributed by atoms with Crippen LogP contribution in [0.2, 0.25) is 0 Å². The molecule has 2 N–H and O–H groups in total. The van der Waals surface area contributed by atoms with Crippen molar-refractivity contribution in [1.82, 2.24) is 19.6 Å². The summed E-state index contributed by atoms with van der Waals surface area (Å²) in [5, 5.41) is 2.61. The Bertz CT molecular complexity index is 1110. The number of carbonyl (C=O) groups excluding carboxylic acids is 1. The standard InChI is InChI=1S/C18H19FN4O3S/c1-3-23-16-7-5-4-6-15(16)22-17(23)11-21-18(24)13-10-12(8-9-14(13)19)27(25,26)20-2/h4-10,20H,3,11H2,1-2H3,(H,21,24). The van der Waals surface area contributed by atoms with Crippen LogP contribution in [0.1, 0.15) is 23.1 Å².